The fraction of sp³-hybridized carbons (Fsp3) is 0.0667. The molecule has 0 bridgehead atoms. The second-order valence-corrected chi connectivity index (χ2v) is 5.16. The second-order valence-electron chi connectivity index (χ2n) is 4.37. The highest BCUT2D eigenvalue weighted by Gasteiger charge is 2.19. The number of aryl methyl sites for hydroxylation is 1. The summed E-state index contributed by atoms with van der Waals surface area (Å²) < 4.78 is 15.3. The summed E-state index contributed by atoms with van der Waals surface area (Å²) in [4.78, 5) is 3.63. The van der Waals surface area contributed by atoms with Gasteiger partial charge in [-0.2, -0.15) is 4.39 Å². The van der Waals surface area contributed by atoms with Crippen LogP contribution in [0.3, 0.4) is 0 Å². The Morgan fingerprint density at radius 3 is 2.65 bits per heavy atom. The minimum Gasteiger partial charge on any atom is -0.265 e. The first-order valence-electron chi connectivity index (χ1n) is 5.91. The number of aromatic nitrogens is 2. The molecule has 0 aliphatic carbocycles. The molecule has 0 unspecified atom stereocenters. The van der Waals surface area contributed by atoms with E-state index in [1.807, 2.05) is 36.4 Å². The Morgan fingerprint density at radius 1 is 1.25 bits per heavy atom. The summed E-state index contributed by atoms with van der Waals surface area (Å²) in [6.07, 6.45) is 0. The van der Waals surface area contributed by atoms with E-state index in [2.05, 4.69) is 25.9 Å². The van der Waals surface area contributed by atoms with Crippen LogP contribution in [0.1, 0.15) is 0 Å². The molecule has 1 heterocycles. The van der Waals surface area contributed by atoms with Gasteiger partial charge in [-0.3, -0.25) is 4.68 Å². The van der Waals surface area contributed by atoms with Crippen LogP contribution in [0.5, 0.6) is 0 Å². The van der Waals surface area contributed by atoms with Crippen LogP contribution in [0.15, 0.2) is 40.9 Å². The largest absolute Gasteiger partial charge is 0.265 e. The molecule has 0 N–H and O–H groups in total. The molecule has 0 amide bonds. The van der Waals surface area contributed by atoms with E-state index < -0.39 is 5.95 Å². The molecular formula is C15H9BrFN3. The van der Waals surface area contributed by atoms with Gasteiger partial charge in [0, 0.05) is 12.6 Å². The first-order valence-corrected chi connectivity index (χ1v) is 6.70. The summed E-state index contributed by atoms with van der Waals surface area (Å²) in [7, 11) is 1.66. The minimum atomic E-state index is -0.577. The zero-order chi connectivity index (χ0) is 14.3. The Kier molecular flexibility index (Phi) is 3.03. The van der Waals surface area contributed by atoms with Gasteiger partial charge in [-0.05, 0) is 26.7 Å². The van der Waals surface area contributed by atoms with Crippen LogP contribution in [0.2, 0.25) is 0 Å². The predicted octanol–water partition coefficient (Wildman–Crippen LogP) is 4.69. The van der Waals surface area contributed by atoms with Crippen molar-refractivity contribution in [3.63, 3.8) is 0 Å². The molecule has 0 radical (unpaired) electrons. The van der Waals surface area contributed by atoms with Gasteiger partial charge in [0.15, 0.2) is 0 Å². The fourth-order valence-electron chi connectivity index (χ4n) is 2.32. The van der Waals surface area contributed by atoms with E-state index in [-0.39, 0.29) is 4.47 Å². The van der Waals surface area contributed by atoms with E-state index >= 15 is 0 Å². The Morgan fingerprint density at radius 2 is 2.00 bits per heavy atom. The average molecular weight is 330 g/mol. The van der Waals surface area contributed by atoms with Gasteiger partial charge < -0.3 is 0 Å². The maximum Gasteiger partial charge on any atom is 0.247 e. The van der Waals surface area contributed by atoms with Crippen LogP contribution in [0, 0.1) is 12.5 Å². The van der Waals surface area contributed by atoms with Crippen LogP contribution in [-0.2, 0) is 7.05 Å². The molecule has 0 aliphatic rings. The van der Waals surface area contributed by atoms with E-state index in [0.717, 1.165) is 10.8 Å². The lowest BCUT2D eigenvalue weighted by Crippen LogP contribution is -1.94. The molecule has 3 nitrogen and oxygen atoms in total. The monoisotopic (exact) mass is 329 g/mol. The molecule has 1 aromatic heterocycles. The summed E-state index contributed by atoms with van der Waals surface area (Å²) in [6.45, 7) is 7.45. The standard InChI is InChI=1S/C15H9BrFN3/c1-18-13-10-6-4-3-5-9(10)7-8-11(13)14-12(16)15(17)19-20(14)2/h3-8H,2H3. The summed E-state index contributed by atoms with van der Waals surface area (Å²) in [5, 5.41) is 5.58. The van der Waals surface area contributed by atoms with E-state index in [9.17, 15) is 4.39 Å². The molecule has 20 heavy (non-hydrogen) atoms. The summed E-state index contributed by atoms with van der Waals surface area (Å²) in [5.74, 6) is -0.577. The zero-order valence-electron chi connectivity index (χ0n) is 10.6. The third-order valence-electron chi connectivity index (χ3n) is 3.22. The van der Waals surface area contributed by atoms with Gasteiger partial charge >= 0.3 is 0 Å². The van der Waals surface area contributed by atoms with Crippen LogP contribution >= 0.6 is 15.9 Å². The Bertz CT molecular complexity index is 861. The van der Waals surface area contributed by atoms with Crippen molar-refractivity contribution in [1.82, 2.24) is 9.78 Å². The molecule has 5 heteroatoms. The summed E-state index contributed by atoms with van der Waals surface area (Å²) in [5.41, 5.74) is 1.75. The zero-order valence-corrected chi connectivity index (χ0v) is 12.1. The van der Waals surface area contributed by atoms with Crippen LogP contribution in [0.25, 0.3) is 26.9 Å². The lowest BCUT2D eigenvalue weighted by Gasteiger charge is -2.08. The molecule has 0 aliphatic heterocycles. The van der Waals surface area contributed by atoms with Gasteiger partial charge in [0.1, 0.15) is 0 Å². The Hall–Kier alpha value is -2.19. The predicted molar refractivity (Wildman–Crippen MR) is 80.1 cm³/mol. The SMILES string of the molecule is [C-]#[N+]c1c(-c2c(Br)c(F)nn2C)ccc2ccccc12. The lowest BCUT2D eigenvalue weighted by molar-refractivity contribution is 0.550. The molecule has 0 fully saturated rings. The van der Waals surface area contributed by atoms with Crippen molar-refractivity contribution >= 4 is 32.4 Å². The molecule has 3 aromatic rings. The van der Waals surface area contributed by atoms with Gasteiger partial charge in [0.05, 0.1) is 16.7 Å². The molecule has 2 aromatic carbocycles. The Labute approximate surface area is 123 Å². The summed E-state index contributed by atoms with van der Waals surface area (Å²) in [6, 6.07) is 11.4. The molecular weight excluding hydrogens is 321 g/mol. The van der Waals surface area contributed by atoms with E-state index in [1.54, 1.807) is 7.05 Å². The third kappa shape index (κ3) is 1.81. The second kappa shape index (κ2) is 4.73. The number of hydrogen-bond donors (Lipinski definition) is 0. The highest BCUT2D eigenvalue weighted by molar-refractivity contribution is 9.10. The summed E-state index contributed by atoms with van der Waals surface area (Å²) >= 11 is 3.20. The van der Waals surface area contributed by atoms with Crippen molar-refractivity contribution in [2.75, 3.05) is 0 Å². The fourth-order valence-corrected chi connectivity index (χ4v) is 2.87. The normalized spacial score (nSPS) is 10.7. The first-order chi connectivity index (χ1) is 9.63. The Balaban J connectivity index is 2.40. The van der Waals surface area contributed by atoms with Gasteiger partial charge in [0.2, 0.25) is 11.6 Å². The van der Waals surface area contributed by atoms with E-state index in [1.165, 1.54) is 4.68 Å². The van der Waals surface area contributed by atoms with Crippen molar-refractivity contribution in [3.05, 3.63) is 58.2 Å². The first kappa shape index (κ1) is 12.8. The smallest absolute Gasteiger partial charge is 0.247 e. The maximum absolute atomic E-state index is 13.6. The molecule has 0 spiro atoms. The molecule has 0 saturated heterocycles. The lowest BCUT2D eigenvalue weighted by atomic mass is 10.0. The van der Waals surface area contributed by atoms with Gasteiger partial charge in [-0.1, -0.05) is 36.4 Å². The van der Waals surface area contributed by atoms with Gasteiger partial charge in [0.25, 0.3) is 0 Å². The van der Waals surface area contributed by atoms with Crippen LogP contribution in [0.4, 0.5) is 10.1 Å². The van der Waals surface area contributed by atoms with Gasteiger partial charge in [-0.15, -0.1) is 5.10 Å². The number of fused-ring (bicyclic) bond motifs is 1. The van der Waals surface area contributed by atoms with Crippen molar-refractivity contribution in [2.45, 2.75) is 0 Å². The third-order valence-corrected chi connectivity index (χ3v) is 3.92. The molecule has 3 rings (SSSR count). The van der Waals surface area contributed by atoms with Gasteiger partial charge in [-0.25, -0.2) is 4.85 Å². The number of halogens is 2. The quantitative estimate of drug-likeness (QED) is 0.593. The number of hydrogen-bond acceptors (Lipinski definition) is 1. The average Bonchev–Trinajstić information content (AvgIpc) is 2.71. The number of benzene rings is 2. The molecule has 0 atom stereocenters. The van der Waals surface area contributed by atoms with E-state index in [4.69, 9.17) is 6.57 Å². The van der Waals surface area contributed by atoms with Crippen LogP contribution in [-0.4, -0.2) is 9.78 Å². The van der Waals surface area contributed by atoms with E-state index in [0.29, 0.717) is 16.9 Å². The minimum absolute atomic E-state index is 0.278. The van der Waals surface area contributed by atoms with Crippen LogP contribution < -0.4 is 0 Å². The highest BCUT2D eigenvalue weighted by Crippen LogP contribution is 2.40. The molecule has 98 valence electrons. The maximum atomic E-state index is 13.6. The van der Waals surface area contributed by atoms with Crippen molar-refractivity contribution in [2.24, 2.45) is 7.05 Å². The van der Waals surface area contributed by atoms with Crippen molar-refractivity contribution in [3.8, 4) is 11.3 Å². The van der Waals surface area contributed by atoms with Crippen molar-refractivity contribution < 1.29 is 4.39 Å². The molecule has 0 saturated carbocycles. The number of nitrogens with zero attached hydrogens (tertiary/aromatic N) is 3. The van der Waals surface area contributed by atoms with Crippen molar-refractivity contribution in [1.29, 1.82) is 0 Å². The highest BCUT2D eigenvalue weighted by atomic mass is 79.9. The topological polar surface area (TPSA) is 22.2 Å². The number of rotatable bonds is 1.